The van der Waals surface area contributed by atoms with Crippen LogP contribution in [0.4, 0.5) is 11.6 Å². The summed E-state index contributed by atoms with van der Waals surface area (Å²) in [5.74, 6) is 0.638. The third-order valence-corrected chi connectivity index (χ3v) is 4.01. The van der Waals surface area contributed by atoms with Crippen LogP contribution in [-0.4, -0.2) is 42.7 Å². The highest BCUT2D eigenvalue weighted by atomic mass is 16.5. The van der Waals surface area contributed by atoms with Crippen LogP contribution in [0.1, 0.15) is 12.5 Å². The number of anilines is 2. The second-order valence-corrected chi connectivity index (χ2v) is 5.63. The molecule has 0 fully saturated rings. The van der Waals surface area contributed by atoms with Gasteiger partial charge in [0.05, 0.1) is 26.8 Å². The summed E-state index contributed by atoms with van der Waals surface area (Å²) < 4.78 is 10.2. The van der Waals surface area contributed by atoms with Crippen molar-refractivity contribution >= 4 is 17.5 Å². The van der Waals surface area contributed by atoms with Gasteiger partial charge in [-0.3, -0.25) is 10.1 Å². The summed E-state index contributed by atoms with van der Waals surface area (Å²) in [4.78, 5) is 22.7. The van der Waals surface area contributed by atoms with Crippen molar-refractivity contribution < 1.29 is 14.3 Å². The summed E-state index contributed by atoms with van der Waals surface area (Å²) in [7, 11) is 2.99. The van der Waals surface area contributed by atoms with Gasteiger partial charge in [0, 0.05) is 11.7 Å². The van der Waals surface area contributed by atoms with Crippen LogP contribution in [0, 0.1) is 0 Å². The average Bonchev–Trinajstić information content (AvgIpc) is 2.90. The summed E-state index contributed by atoms with van der Waals surface area (Å²) in [5.41, 5.74) is 2.36. The van der Waals surface area contributed by atoms with Crippen LogP contribution in [0.2, 0.25) is 0 Å². The van der Waals surface area contributed by atoms with Crippen molar-refractivity contribution in [2.75, 3.05) is 31.0 Å². The van der Waals surface area contributed by atoms with Crippen molar-refractivity contribution in [1.82, 2.24) is 9.97 Å². The smallest absolute Gasteiger partial charge is 0.246 e. The summed E-state index contributed by atoms with van der Waals surface area (Å²) in [6.07, 6.45) is 0.937. The number of methoxy groups -OCH3 is 2. The van der Waals surface area contributed by atoms with Gasteiger partial charge in [-0.1, -0.05) is 18.2 Å². The number of benzene rings is 1. The average molecular weight is 328 g/mol. The molecule has 7 nitrogen and oxygen atoms in total. The van der Waals surface area contributed by atoms with E-state index in [0.29, 0.717) is 11.8 Å². The van der Waals surface area contributed by atoms with E-state index >= 15 is 0 Å². The number of nitrogens with zero attached hydrogens (tertiary/aromatic N) is 3. The van der Waals surface area contributed by atoms with Gasteiger partial charge in [-0.05, 0) is 25.0 Å². The molecule has 1 atom stereocenters. The van der Waals surface area contributed by atoms with Crippen molar-refractivity contribution in [3.05, 3.63) is 35.9 Å². The predicted octanol–water partition coefficient (Wildman–Crippen LogP) is 1.88. The molecule has 2 aromatic rings. The number of hydrogen-bond donors (Lipinski definition) is 1. The number of aromatic nitrogens is 2. The van der Waals surface area contributed by atoms with Gasteiger partial charge < -0.3 is 14.4 Å². The predicted molar refractivity (Wildman–Crippen MR) is 90.7 cm³/mol. The molecule has 1 amide bonds. The SMILES string of the molecule is COc1cc(OC)nc(NC(=O)CN2c3ccccc3C[C@@H]2C)n1. The molecule has 0 saturated carbocycles. The normalized spacial score (nSPS) is 15.8. The summed E-state index contributed by atoms with van der Waals surface area (Å²) in [6.45, 7) is 2.35. The minimum Gasteiger partial charge on any atom is -0.481 e. The number of hydrogen-bond acceptors (Lipinski definition) is 6. The third-order valence-electron chi connectivity index (χ3n) is 4.01. The zero-order valence-electron chi connectivity index (χ0n) is 13.9. The number of nitrogens with one attached hydrogen (secondary N) is 1. The Kier molecular flexibility index (Phi) is 4.50. The molecule has 2 heterocycles. The second-order valence-electron chi connectivity index (χ2n) is 5.63. The highest BCUT2D eigenvalue weighted by molar-refractivity contribution is 5.93. The Labute approximate surface area is 140 Å². The number of fused-ring (bicyclic) bond motifs is 1. The van der Waals surface area contributed by atoms with Gasteiger partial charge in [0.2, 0.25) is 23.6 Å². The molecule has 1 aliphatic heterocycles. The fourth-order valence-electron chi connectivity index (χ4n) is 2.86. The quantitative estimate of drug-likeness (QED) is 0.903. The Hall–Kier alpha value is -2.83. The maximum absolute atomic E-state index is 12.4. The van der Waals surface area contributed by atoms with E-state index in [1.807, 2.05) is 18.2 Å². The van der Waals surface area contributed by atoms with Crippen molar-refractivity contribution in [3.63, 3.8) is 0 Å². The lowest BCUT2D eigenvalue weighted by Crippen LogP contribution is -2.37. The fourth-order valence-corrected chi connectivity index (χ4v) is 2.86. The standard InChI is InChI=1S/C17H20N4O3/c1-11-8-12-6-4-5-7-13(12)21(11)10-14(22)18-17-19-15(23-2)9-16(20-17)24-3/h4-7,9,11H,8,10H2,1-3H3,(H,18,19,20,22)/t11-/m0/s1. The molecule has 7 heteroatoms. The van der Waals surface area contributed by atoms with E-state index in [-0.39, 0.29) is 24.4 Å². The number of rotatable bonds is 5. The zero-order valence-corrected chi connectivity index (χ0v) is 13.9. The minimum atomic E-state index is -0.186. The lowest BCUT2D eigenvalue weighted by atomic mass is 10.1. The first kappa shape index (κ1) is 16.0. The minimum absolute atomic E-state index is 0.163. The molecular weight excluding hydrogens is 308 g/mol. The summed E-state index contributed by atoms with van der Waals surface area (Å²) in [5, 5.41) is 2.71. The number of carbonyl (C=O) groups is 1. The van der Waals surface area contributed by atoms with Crippen LogP contribution in [0.5, 0.6) is 11.8 Å². The van der Waals surface area contributed by atoms with Gasteiger partial charge in [0.1, 0.15) is 0 Å². The Bertz CT molecular complexity index is 728. The molecule has 0 aliphatic carbocycles. The van der Waals surface area contributed by atoms with Crippen LogP contribution in [0.25, 0.3) is 0 Å². The molecule has 1 aromatic heterocycles. The van der Waals surface area contributed by atoms with Gasteiger partial charge >= 0.3 is 0 Å². The van der Waals surface area contributed by atoms with Gasteiger partial charge in [-0.15, -0.1) is 0 Å². The molecule has 0 saturated heterocycles. The molecule has 0 unspecified atom stereocenters. The summed E-state index contributed by atoms with van der Waals surface area (Å²) >= 11 is 0. The second kappa shape index (κ2) is 6.74. The van der Waals surface area contributed by atoms with Crippen molar-refractivity contribution in [2.24, 2.45) is 0 Å². The molecule has 0 bridgehead atoms. The molecule has 1 aliphatic rings. The van der Waals surface area contributed by atoms with Crippen LogP contribution in [-0.2, 0) is 11.2 Å². The third kappa shape index (κ3) is 3.24. The first-order valence-electron chi connectivity index (χ1n) is 7.72. The molecule has 0 radical (unpaired) electrons. The Morgan fingerprint density at radius 2 is 1.92 bits per heavy atom. The molecule has 3 rings (SSSR count). The first-order chi connectivity index (χ1) is 11.6. The Balaban J connectivity index is 1.72. The maximum atomic E-state index is 12.4. The molecule has 0 spiro atoms. The monoisotopic (exact) mass is 328 g/mol. The molecular formula is C17H20N4O3. The largest absolute Gasteiger partial charge is 0.481 e. The van der Waals surface area contributed by atoms with Gasteiger partial charge in [-0.25, -0.2) is 0 Å². The molecule has 1 aromatic carbocycles. The highest BCUT2D eigenvalue weighted by Gasteiger charge is 2.27. The van der Waals surface area contributed by atoms with E-state index in [9.17, 15) is 4.79 Å². The van der Waals surface area contributed by atoms with Crippen molar-refractivity contribution in [2.45, 2.75) is 19.4 Å². The topological polar surface area (TPSA) is 76.6 Å². The van der Waals surface area contributed by atoms with E-state index < -0.39 is 0 Å². The Morgan fingerprint density at radius 1 is 1.25 bits per heavy atom. The number of amides is 1. The van der Waals surface area contributed by atoms with E-state index in [1.54, 1.807) is 6.07 Å². The number of para-hydroxylation sites is 1. The molecule has 126 valence electrons. The highest BCUT2D eigenvalue weighted by Crippen LogP contribution is 2.31. The van der Waals surface area contributed by atoms with Gasteiger partial charge in [-0.2, -0.15) is 9.97 Å². The van der Waals surface area contributed by atoms with E-state index in [2.05, 4.69) is 33.2 Å². The fraction of sp³-hybridized carbons (Fsp3) is 0.353. The molecule has 1 N–H and O–H groups in total. The van der Waals surface area contributed by atoms with Crippen molar-refractivity contribution in [1.29, 1.82) is 0 Å². The lowest BCUT2D eigenvalue weighted by Gasteiger charge is -2.24. The lowest BCUT2D eigenvalue weighted by molar-refractivity contribution is -0.115. The van der Waals surface area contributed by atoms with E-state index in [4.69, 9.17) is 9.47 Å². The Morgan fingerprint density at radius 3 is 2.58 bits per heavy atom. The maximum Gasteiger partial charge on any atom is 0.246 e. The number of carbonyl (C=O) groups excluding carboxylic acids is 1. The van der Waals surface area contributed by atoms with Crippen LogP contribution < -0.4 is 19.7 Å². The summed E-state index contributed by atoms with van der Waals surface area (Å²) in [6, 6.07) is 9.96. The van der Waals surface area contributed by atoms with Crippen molar-refractivity contribution in [3.8, 4) is 11.8 Å². The van der Waals surface area contributed by atoms with Gasteiger partial charge in [0.25, 0.3) is 0 Å². The van der Waals surface area contributed by atoms with E-state index in [1.165, 1.54) is 19.8 Å². The molecule has 24 heavy (non-hydrogen) atoms. The first-order valence-corrected chi connectivity index (χ1v) is 7.72. The van der Waals surface area contributed by atoms with Crippen LogP contribution in [0.15, 0.2) is 30.3 Å². The van der Waals surface area contributed by atoms with Crippen LogP contribution in [0.3, 0.4) is 0 Å². The van der Waals surface area contributed by atoms with E-state index in [0.717, 1.165) is 12.1 Å². The number of ether oxygens (including phenoxy) is 2. The van der Waals surface area contributed by atoms with Gasteiger partial charge in [0.15, 0.2) is 0 Å². The van der Waals surface area contributed by atoms with Crippen LogP contribution >= 0.6 is 0 Å². The zero-order chi connectivity index (χ0) is 17.1.